The number of unbranched alkanes of at least 4 members (excludes halogenated alkanes) is 1. The van der Waals surface area contributed by atoms with Gasteiger partial charge in [0.15, 0.2) is 5.16 Å². The standard InChI is InChI=1S/C22H27ClFN2O4P/c23-18-6-3-17(20(13-18)16-4-7-19(24)8-5-16)14-26-11-12-31(29,30)22(15-26,21(27)28)9-1-2-10-25/h3-8,13H,1-2,9-12,14-15,25H2,(H,27,28)(H,29,30)/t22-/m0/s1. The van der Waals surface area contributed by atoms with Gasteiger partial charge < -0.3 is 15.7 Å². The zero-order valence-corrected chi connectivity index (χ0v) is 18.8. The number of rotatable bonds is 8. The van der Waals surface area contributed by atoms with Gasteiger partial charge in [-0.15, -0.1) is 0 Å². The van der Waals surface area contributed by atoms with Crippen LogP contribution in [0, 0.1) is 5.82 Å². The van der Waals surface area contributed by atoms with Gasteiger partial charge in [0.05, 0.1) is 0 Å². The molecular formula is C22H27ClFN2O4P. The maximum absolute atomic E-state index is 13.4. The van der Waals surface area contributed by atoms with E-state index in [1.165, 1.54) is 12.1 Å². The number of halogens is 2. The number of hydrogen-bond donors (Lipinski definition) is 3. The van der Waals surface area contributed by atoms with Crippen LogP contribution in [0.2, 0.25) is 5.02 Å². The van der Waals surface area contributed by atoms with Crippen molar-refractivity contribution in [1.82, 2.24) is 4.90 Å². The Labute approximate surface area is 186 Å². The van der Waals surface area contributed by atoms with Crippen molar-refractivity contribution < 1.29 is 23.7 Å². The Hall–Kier alpha value is -1.76. The van der Waals surface area contributed by atoms with Crippen LogP contribution in [-0.4, -0.2) is 51.8 Å². The molecule has 31 heavy (non-hydrogen) atoms. The molecule has 168 valence electrons. The lowest BCUT2D eigenvalue weighted by atomic mass is 9.97. The number of carboxylic acid groups (broad SMARTS) is 1. The second-order valence-corrected chi connectivity index (χ2v) is 11.2. The SMILES string of the molecule is NCCCC[C@@]1(C(=O)O)CN(Cc2ccc(Cl)cc2-c2ccc(F)cc2)CCP1(=O)O. The van der Waals surface area contributed by atoms with Crippen molar-refractivity contribution in [3.8, 4) is 11.1 Å². The number of carbonyl (C=O) groups is 1. The quantitative estimate of drug-likeness (QED) is 0.396. The molecule has 1 unspecified atom stereocenters. The molecule has 9 heteroatoms. The highest BCUT2D eigenvalue weighted by Gasteiger charge is 2.56. The monoisotopic (exact) mass is 468 g/mol. The van der Waals surface area contributed by atoms with Crippen molar-refractivity contribution in [2.45, 2.75) is 31.0 Å². The van der Waals surface area contributed by atoms with Gasteiger partial charge in [0.25, 0.3) is 0 Å². The van der Waals surface area contributed by atoms with Crippen molar-refractivity contribution in [2.24, 2.45) is 5.73 Å². The summed E-state index contributed by atoms with van der Waals surface area (Å²) in [6.45, 7) is 1.08. The van der Waals surface area contributed by atoms with Crippen LogP contribution in [0.25, 0.3) is 11.1 Å². The minimum Gasteiger partial charge on any atom is -0.480 e. The Morgan fingerprint density at radius 2 is 1.94 bits per heavy atom. The Morgan fingerprint density at radius 1 is 1.23 bits per heavy atom. The third-order valence-electron chi connectivity index (χ3n) is 5.94. The summed E-state index contributed by atoms with van der Waals surface area (Å²) >= 11 is 6.19. The van der Waals surface area contributed by atoms with Crippen molar-refractivity contribution in [3.63, 3.8) is 0 Å². The van der Waals surface area contributed by atoms with E-state index in [1.54, 1.807) is 24.3 Å². The molecule has 1 saturated heterocycles. The summed E-state index contributed by atoms with van der Waals surface area (Å²) in [4.78, 5) is 24.7. The van der Waals surface area contributed by atoms with E-state index in [1.807, 2.05) is 11.0 Å². The first-order chi connectivity index (χ1) is 14.7. The molecule has 1 fully saturated rings. The van der Waals surface area contributed by atoms with Crippen LogP contribution in [0.5, 0.6) is 0 Å². The topological polar surface area (TPSA) is 104 Å². The van der Waals surface area contributed by atoms with E-state index in [-0.39, 0.29) is 24.9 Å². The average molecular weight is 469 g/mol. The average Bonchev–Trinajstić information content (AvgIpc) is 2.72. The minimum absolute atomic E-state index is 0.0217. The molecule has 1 heterocycles. The first-order valence-corrected chi connectivity index (χ1v) is 12.4. The maximum Gasteiger partial charge on any atom is 0.320 e. The number of hydrogen-bond acceptors (Lipinski definition) is 4. The zero-order chi connectivity index (χ0) is 22.6. The van der Waals surface area contributed by atoms with E-state index < -0.39 is 18.5 Å². The highest BCUT2D eigenvalue weighted by Crippen LogP contribution is 2.59. The van der Waals surface area contributed by atoms with Gasteiger partial charge in [-0.25, -0.2) is 4.39 Å². The van der Waals surface area contributed by atoms with E-state index in [9.17, 15) is 23.7 Å². The molecule has 0 aromatic heterocycles. The summed E-state index contributed by atoms with van der Waals surface area (Å²) in [5, 5.41) is 8.78. The van der Waals surface area contributed by atoms with E-state index in [0.29, 0.717) is 37.5 Å². The van der Waals surface area contributed by atoms with Crippen molar-refractivity contribution in [1.29, 1.82) is 0 Å². The molecule has 0 amide bonds. The summed E-state index contributed by atoms with van der Waals surface area (Å²) in [6, 6.07) is 11.5. The van der Waals surface area contributed by atoms with Gasteiger partial charge in [-0.2, -0.15) is 0 Å². The van der Waals surface area contributed by atoms with Crippen LogP contribution < -0.4 is 5.73 Å². The molecule has 0 radical (unpaired) electrons. The number of aliphatic carboxylic acids is 1. The largest absolute Gasteiger partial charge is 0.480 e. The molecule has 0 aliphatic carbocycles. The molecule has 1 aliphatic rings. The third kappa shape index (κ3) is 5.18. The molecule has 1 aliphatic heterocycles. The molecule has 3 rings (SSSR count). The number of benzene rings is 2. The van der Waals surface area contributed by atoms with Gasteiger partial charge in [-0.1, -0.05) is 36.2 Å². The molecule has 4 N–H and O–H groups in total. The first-order valence-electron chi connectivity index (χ1n) is 10.2. The second kappa shape index (κ2) is 9.80. The fraction of sp³-hybridized carbons (Fsp3) is 0.409. The number of carboxylic acids is 1. The van der Waals surface area contributed by atoms with Gasteiger partial charge in [0.2, 0.25) is 7.37 Å². The van der Waals surface area contributed by atoms with Gasteiger partial charge in [-0.05, 0) is 60.3 Å². The second-order valence-electron chi connectivity index (χ2n) is 8.03. The molecular weight excluding hydrogens is 442 g/mol. The van der Waals surface area contributed by atoms with Gasteiger partial charge in [-0.3, -0.25) is 14.3 Å². The van der Waals surface area contributed by atoms with Crippen LogP contribution in [0.1, 0.15) is 24.8 Å². The summed E-state index contributed by atoms with van der Waals surface area (Å²) in [7, 11) is -3.89. The fourth-order valence-corrected chi connectivity index (χ4v) is 6.53. The first kappa shape index (κ1) is 23.9. The predicted molar refractivity (Wildman–Crippen MR) is 120 cm³/mol. The summed E-state index contributed by atoms with van der Waals surface area (Å²) in [5.41, 5.74) is 8.01. The van der Waals surface area contributed by atoms with Gasteiger partial charge >= 0.3 is 5.97 Å². The van der Waals surface area contributed by atoms with Crippen molar-refractivity contribution in [3.05, 3.63) is 58.9 Å². The highest BCUT2D eigenvalue weighted by atomic mass is 35.5. The Morgan fingerprint density at radius 3 is 2.58 bits per heavy atom. The highest BCUT2D eigenvalue weighted by molar-refractivity contribution is 7.61. The molecule has 2 atom stereocenters. The number of nitrogens with zero attached hydrogens (tertiary/aromatic N) is 1. The Balaban J connectivity index is 1.90. The van der Waals surface area contributed by atoms with Crippen LogP contribution in [0.4, 0.5) is 4.39 Å². The Kier molecular flexibility index (Phi) is 7.55. The van der Waals surface area contributed by atoms with Crippen molar-refractivity contribution in [2.75, 3.05) is 25.8 Å². The van der Waals surface area contributed by atoms with E-state index in [0.717, 1.165) is 16.7 Å². The van der Waals surface area contributed by atoms with Crippen molar-refractivity contribution >= 4 is 24.9 Å². The van der Waals surface area contributed by atoms with Crippen LogP contribution >= 0.6 is 19.0 Å². The smallest absolute Gasteiger partial charge is 0.320 e. The van der Waals surface area contributed by atoms with Gasteiger partial charge in [0, 0.05) is 30.8 Å². The molecule has 0 saturated carbocycles. The predicted octanol–water partition coefficient (Wildman–Crippen LogP) is 4.18. The lowest BCUT2D eigenvalue weighted by Crippen LogP contribution is -2.53. The fourth-order valence-electron chi connectivity index (χ4n) is 4.15. The van der Waals surface area contributed by atoms with Crippen LogP contribution in [0.15, 0.2) is 42.5 Å². The molecule has 0 bridgehead atoms. The minimum atomic E-state index is -3.89. The van der Waals surface area contributed by atoms with E-state index in [4.69, 9.17) is 17.3 Å². The van der Waals surface area contributed by atoms with E-state index in [2.05, 4.69) is 0 Å². The Bertz CT molecular complexity index is 988. The molecule has 2 aromatic rings. The summed E-state index contributed by atoms with van der Waals surface area (Å²) < 4.78 is 26.3. The normalized spacial score (nSPS) is 24.3. The maximum atomic E-state index is 13.4. The molecule has 0 spiro atoms. The van der Waals surface area contributed by atoms with Gasteiger partial charge in [0.1, 0.15) is 5.82 Å². The molecule has 2 aromatic carbocycles. The lowest BCUT2D eigenvalue weighted by molar-refractivity contribution is -0.141. The summed E-state index contributed by atoms with van der Waals surface area (Å²) in [6.07, 6.45) is 1.10. The third-order valence-corrected chi connectivity index (χ3v) is 8.87. The van der Waals surface area contributed by atoms with E-state index >= 15 is 0 Å². The molecule has 6 nitrogen and oxygen atoms in total. The van der Waals surface area contributed by atoms with Crippen LogP contribution in [0.3, 0.4) is 0 Å². The summed E-state index contributed by atoms with van der Waals surface area (Å²) in [5.74, 6) is -1.58. The zero-order valence-electron chi connectivity index (χ0n) is 17.1. The number of nitrogens with two attached hydrogens (primary N) is 1. The van der Waals surface area contributed by atoms with Crippen LogP contribution in [-0.2, 0) is 15.9 Å². The lowest BCUT2D eigenvalue weighted by Gasteiger charge is -2.43.